The molecule has 8 heteroatoms. The van der Waals surface area contributed by atoms with Gasteiger partial charge in [0.15, 0.2) is 17.6 Å². The highest BCUT2D eigenvalue weighted by Gasteiger charge is 2.39. The number of halogens is 4. The molecule has 1 N–H and O–H groups in total. The van der Waals surface area contributed by atoms with Gasteiger partial charge in [-0.15, -0.1) is 0 Å². The van der Waals surface area contributed by atoms with Gasteiger partial charge in [0.2, 0.25) is 0 Å². The van der Waals surface area contributed by atoms with Crippen LogP contribution in [0, 0.1) is 0 Å². The van der Waals surface area contributed by atoms with Gasteiger partial charge in [0.05, 0.1) is 12.1 Å². The van der Waals surface area contributed by atoms with Gasteiger partial charge in [0.25, 0.3) is 0 Å². The molecular formula is C11H10ClF3O4. The van der Waals surface area contributed by atoms with E-state index >= 15 is 0 Å². The molecule has 1 aromatic carbocycles. The summed E-state index contributed by atoms with van der Waals surface area (Å²) in [6.07, 6.45) is -6.93. The van der Waals surface area contributed by atoms with Crippen LogP contribution >= 0.6 is 11.6 Å². The number of ether oxygens (including phenoxy) is 2. The third-order valence-corrected chi connectivity index (χ3v) is 2.43. The van der Waals surface area contributed by atoms with E-state index in [1.165, 1.54) is 19.2 Å². The number of aliphatic hydroxyl groups is 1. The first kappa shape index (κ1) is 15.6. The highest BCUT2D eigenvalue weighted by molar-refractivity contribution is 6.32. The van der Waals surface area contributed by atoms with Gasteiger partial charge in [-0.25, -0.2) is 0 Å². The van der Waals surface area contributed by atoms with Crippen molar-refractivity contribution in [3.8, 4) is 11.5 Å². The van der Waals surface area contributed by atoms with E-state index in [0.29, 0.717) is 6.29 Å². The second-order valence-corrected chi connectivity index (χ2v) is 3.93. The van der Waals surface area contributed by atoms with Gasteiger partial charge in [-0.3, -0.25) is 4.79 Å². The van der Waals surface area contributed by atoms with E-state index in [0.717, 1.165) is 0 Å². The lowest BCUT2D eigenvalue weighted by atomic mass is 10.2. The maximum absolute atomic E-state index is 12.1. The minimum Gasteiger partial charge on any atom is -0.493 e. The third-order valence-electron chi connectivity index (χ3n) is 2.15. The lowest BCUT2D eigenvalue weighted by Crippen LogP contribution is -2.34. The predicted octanol–water partition coefficient (Wildman–Crippen LogP) is 2.46. The van der Waals surface area contributed by atoms with Gasteiger partial charge in [0.1, 0.15) is 12.9 Å². The molecule has 0 aliphatic heterocycles. The molecule has 0 fully saturated rings. The van der Waals surface area contributed by atoms with Crippen LogP contribution in [0.25, 0.3) is 0 Å². The van der Waals surface area contributed by atoms with Crippen LogP contribution in [0.3, 0.4) is 0 Å². The zero-order chi connectivity index (χ0) is 14.6. The molecule has 0 amide bonds. The molecule has 0 spiro atoms. The molecule has 19 heavy (non-hydrogen) atoms. The van der Waals surface area contributed by atoms with E-state index in [1.54, 1.807) is 0 Å². The lowest BCUT2D eigenvalue weighted by molar-refractivity contribution is -0.210. The summed E-state index contributed by atoms with van der Waals surface area (Å²) < 4.78 is 46.0. The molecule has 1 atom stereocenters. The second kappa shape index (κ2) is 6.12. The first-order valence-electron chi connectivity index (χ1n) is 5.00. The van der Waals surface area contributed by atoms with E-state index in [-0.39, 0.29) is 22.1 Å². The van der Waals surface area contributed by atoms with Crippen molar-refractivity contribution in [2.24, 2.45) is 0 Å². The summed E-state index contributed by atoms with van der Waals surface area (Å²) in [7, 11) is 1.24. The smallest absolute Gasteiger partial charge is 0.417 e. The van der Waals surface area contributed by atoms with Crippen molar-refractivity contribution >= 4 is 17.9 Å². The summed E-state index contributed by atoms with van der Waals surface area (Å²) in [5, 5.41) is 8.72. The Morgan fingerprint density at radius 2 is 2.11 bits per heavy atom. The second-order valence-electron chi connectivity index (χ2n) is 3.52. The average Bonchev–Trinajstić information content (AvgIpc) is 2.34. The molecule has 0 saturated heterocycles. The van der Waals surface area contributed by atoms with E-state index < -0.39 is 18.9 Å². The summed E-state index contributed by atoms with van der Waals surface area (Å²) in [6, 6.07) is 2.47. The predicted molar refractivity (Wildman–Crippen MR) is 60.9 cm³/mol. The van der Waals surface area contributed by atoms with E-state index in [1.807, 2.05) is 0 Å². The Hall–Kier alpha value is -1.47. The lowest BCUT2D eigenvalue weighted by Gasteiger charge is -2.17. The number of benzene rings is 1. The average molecular weight is 299 g/mol. The maximum atomic E-state index is 12.1. The Balaban J connectivity index is 2.92. The quantitative estimate of drug-likeness (QED) is 0.849. The summed E-state index contributed by atoms with van der Waals surface area (Å²) in [5.74, 6) is -0.165. The fourth-order valence-electron chi connectivity index (χ4n) is 1.20. The van der Waals surface area contributed by atoms with Gasteiger partial charge < -0.3 is 14.6 Å². The summed E-state index contributed by atoms with van der Waals surface area (Å²) in [6.45, 7) is -1.03. The van der Waals surface area contributed by atoms with Crippen LogP contribution in [0.2, 0.25) is 5.02 Å². The minimum absolute atomic E-state index is 0.00368. The molecule has 1 aromatic rings. The fraction of sp³-hybridized carbons (Fsp3) is 0.364. The molecule has 0 aromatic heterocycles. The Bertz CT molecular complexity index is 462. The molecule has 0 heterocycles. The number of aliphatic hydroxyl groups excluding tert-OH is 1. The fourth-order valence-corrected chi connectivity index (χ4v) is 1.48. The standard InChI is InChI=1S/C11H10ClF3O4/c1-18-8-3-6(4-16)2-7(12)10(8)19-5-9(17)11(13,14)15/h2-4,9,17H,5H2,1H3. The molecule has 0 saturated carbocycles. The molecule has 0 aliphatic rings. The van der Waals surface area contributed by atoms with Crippen molar-refractivity contribution in [3.05, 3.63) is 22.7 Å². The van der Waals surface area contributed by atoms with Crippen LogP contribution in [0.15, 0.2) is 12.1 Å². The van der Waals surface area contributed by atoms with Crippen LogP contribution < -0.4 is 9.47 Å². The van der Waals surface area contributed by atoms with Gasteiger partial charge in [-0.05, 0) is 12.1 Å². The number of methoxy groups -OCH3 is 1. The van der Waals surface area contributed by atoms with Gasteiger partial charge in [0, 0.05) is 5.56 Å². The molecular weight excluding hydrogens is 289 g/mol. The number of hydrogen-bond acceptors (Lipinski definition) is 4. The van der Waals surface area contributed by atoms with E-state index in [2.05, 4.69) is 0 Å². The van der Waals surface area contributed by atoms with Gasteiger partial charge in [-0.1, -0.05) is 11.6 Å². The highest BCUT2D eigenvalue weighted by atomic mass is 35.5. The minimum atomic E-state index is -4.79. The van der Waals surface area contributed by atoms with Crippen molar-refractivity contribution in [2.75, 3.05) is 13.7 Å². The van der Waals surface area contributed by atoms with E-state index in [4.69, 9.17) is 26.2 Å². The molecule has 106 valence electrons. The number of hydrogen-bond donors (Lipinski definition) is 1. The molecule has 1 unspecified atom stereocenters. The van der Waals surface area contributed by atoms with Crippen LogP contribution in [-0.4, -0.2) is 37.4 Å². The Labute approximate surface area is 111 Å². The molecule has 0 aliphatic carbocycles. The number of alkyl halides is 3. The Morgan fingerprint density at radius 3 is 2.58 bits per heavy atom. The Morgan fingerprint density at radius 1 is 1.47 bits per heavy atom. The normalized spacial score (nSPS) is 12.9. The van der Waals surface area contributed by atoms with Crippen molar-refractivity contribution < 1.29 is 32.5 Å². The third kappa shape index (κ3) is 4.00. The summed E-state index contributed by atoms with van der Waals surface area (Å²) >= 11 is 5.76. The van der Waals surface area contributed by atoms with E-state index in [9.17, 15) is 18.0 Å². The number of rotatable bonds is 5. The van der Waals surface area contributed by atoms with Crippen molar-refractivity contribution in [2.45, 2.75) is 12.3 Å². The number of carbonyl (C=O) groups is 1. The molecule has 4 nitrogen and oxygen atoms in total. The molecule has 0 radical (unpaired) electrons. The largest absolute Gasteiger partial charge is 0.493 e. The molecule has 1 rings (SSSR count). The topological polar surface area (TPSA) is 55.8 Å². The summed E-state index contributed by atoms with van der Waals surface area (Å²) in [4.78, 5) is 10.6. The van der Waals surface area contributed by atoms with Gasteiger partial charge >= 0.3 is 6.18 Å². The van der Waals surface area contributed by atoms with Crippen molar-refractivity contribution in [1.29, 1.82) is 0 Å². The first-order chi connectivity index (χ1) is 8.79. The maximum Gasteiger partial charge on any atom is 0.417 e. The summed E-state index contributed by atoms with van der Waals surface area (Å²) in [5.41, 5.74) is 0.186. The zero-order valence-corrected chi connectivity index (χ0v) is 10.5. The first-order valence-corrected chi connectivity index (χ1v) is 5.37. The SMILES string of the molecule is COc1cc(C=O)cc(Cl)c1OCC(O)C(F)(F)F. The number of carbonyl (C=O) groups excluding carboxylic acids is 1. The number of aldehydes is 1. The van der Waals surface area contributed by atoms with Gasteiger partial charge in [-0.2, -0.15) is 13.2 Å². The Kier molecular flexibility index (Phi) is 5.02. The van der Waals surface area contributed by atoms with Crippen LogP contribution in [0.4, 0.5) is 13.2 Å². The van der Waals surface area contributed by atoms with Crippen LogP contribution in [0.5, 0.6) is 11.5 Å². The van der Waals surface area contributed by atoms with Crippen LogP contribution in [0.1, 0.15) is 10.4 Å². The van der Waals surface area contributed by atoms with Crippen molar-refractivity contribution in [3.63, 3.8) is 0 Å². The highest BCUT2D eigenvalue weighted by Crippen LogP contribution is 2.36. The monoisotopic (exact) mass is 298 g/mol. The van der Waals surface area contributed by atoms with Crippen molar-refractivity contribution in [1.82, 2.24) is 0 Å². The zero-order valence-electron chi connectivity index (χ0n) is 9.70. The molecule has 0 bridgehead atoms. The van der Waals surface area contributed by atoms with Crippen LogP contribution in [-0.2, 0) is 0 Å².